The fourth-order valence-corrected chi connectivity index (χ4v) is 0.907. The van der Waals surface area contributed by atoms with Crippen molar-refractivity contribution in [2.24, 2.45) is 0 Å². The first-order valence-electron chi connectivity index (χ1n) is 3.63. The predicted molar refractivity (Wildman–Crippen MR) is 47.7 cm³/mol. The molecule has 0 saturated carbocycles. The molecule has 0 aliphatic heterocycles. The Morgan fingerprint density at radius 3 is 2.17 bits per heavy atom. The first kappa shape index (κ1) is 11.8. The van der Waals surface area contributed by atoms with E-state index in [0.717, 1.165) is 5.75 Å². The van der Waals surface area contributed by atoms with Gasteiger partial charge in [0.15, 0.2) is 0 Å². The summed E-state index contributed by atoms with van der Waals surface area (Å²) in [4.78, 5) is 0. The molecule has 1 rings (SSSR count). The van der Waals surface area contributed by atoms with E-state index in [2.05, 4.69) is 6.08 Å². The minimum atomic E-state index is 0. The monoisotopic (exact) mass is 171 g/mol. The maximum atomic E-state index is 5.02. The van der Waals surface area contributed by atoms with Gasteiger partial charge in [-0.1, -0.05) is 24.3 Å². The molecule has 1 nitrogen and oxygen atoms in total. The molecule has 0 saturated heterocycles. The van der Waals surface area contributed by atoms with Gasteiger partial charge in [-0.2, -0.15) is 0 Å². The SMILES string of the molecule is CC=Cc1ccc(OC)cc1.[Na+]. The first-order valence-corrected chi connectivity index (χ1v) is 3.63. The molecular formula is C10H12NaO+. The van der Waals surface area contributed by atoms with Gasteiger partial charge in [0.25, 0.3) is 0 Å². The fraction of sp³-hybridized carbons (Fsp3) is 0.200. The van der Waals surface area contributed by atoms with E-state index in [1.165, 1.54) is 5.56 Å². The van der Waals surface area contributed by atoms with Crippen molar-refractivity contribution < 1.29 is 34.3 Å². The Balaban J connectivity index is 0.00000121. The zero-order valence-corrected chi connectivity index (χ0v) is 9.87. The van der Waals surface area contributed by atoms with E-state index in [1.807, 2.05) is 37.3 Å². The van der Waals surface area contributed by atoms with Crippen molar-refractivity contribution in [2.45, 2.75) is 6.92 Å². The number of ether oxygens (including phenoxy) is 1. The summed E-state index contributed by atoms with van der Waals surface area (Å²) in [6.07, 6.45) is 4.07. The smallest absolute Gasteiger partial charge is 0.497 e. The van der Waals surface area contributed by atoms with Crippen molar-refractivity contribution in [3.8, 4) is 5.75 Å². The second kappa shape index (κ2) is 6.30. The van der Waals surface area contributed by atoms with Gasteiger partial charge in [0.2, 0.25) is 0 Å². The van der Waals surface area contributed by atoms with E-state index < -0.39 is 0 Å². The summed E-state index contributed by atoms with van der Waals surface area (Å²) >= 11 is 0. The van der Waals surface area contributed by atoms with Gasteiger partial charge in [-0.05, 0) is 24.6 Å². The normalized spacial score (nSPS) is 9.50. The van der Waals surface area contributed by atoms with Crippen molar-refractivity contribution in [3.05, 3.63) is 35.9 Å². The molecule has 12 heavy (non-hydrogen) atoms. The first-order chi connectivity index (χ1) is 5.36. The quantitative estimate of drug-likeness (QED) is 0.557. The number of hydrogen-bond donors (Lipinski definition) is 0. The van der Waals surface area contributed by atoms with Crippen molar-refractivity contribution in [2.75, 3.05) is 7.11 Å². The summed E-state index contributed by atoms with van der Waals surface area (Å²) in [5.41, 5.74) is 1.20. The molecule has 0 N–H and O–H groups in total. The van der Waals surface area contributed by atoms with Crippen LogP contribution in [-0.2, 0) is 0 Å². The van der Waals surface area contributed by atoms with Crippen molar-refractivity contribution in [3.63, 3.8) is 0 Å². The van der Waals surface area contributed by atoms with Crippen molar-refractivity contribution >= 4 is 6.08 Å². The van der Waals surface area contributed by atoms with Crippen LogP contribution in [0.4, 0.5) is 0 Å². The van der Waals surface area contributed by atoms with Gasteiger partial charge in [0.1, 0.15) is 5.75 Å². The van der Waals surface area contributed by atoms with Gasteiger partial charge >= 0.3 is 29.6 Å². The van der Waals surface area contributed by atoms with Crippen LogP contribution in [0.3, 0.4) is 0 Å². The minimum Gasteiger partial charge on any atom is -0.497 e. The van der Waals surface area contributed by atoms with Crippen LogP contribution in [0.25, 0.3) is 6.08 Å². The van der Waals surface area contributed by atoms with Crippen molar-refractivity contribution in [1.82, 2.24) is 0 Å². The largest absolute Gasteiger partial charge is 1.00 e. The molecule has 0 amide bonds. The summed E-state index contributed by atoms with van der Waals surface area (Å²) in [6.45, 7) is 2.00. The zero-order chi connectivity index (χ0) is 8.10. The molecule has 0 aliphatic carbocycles. The Bertz CT molecular complexity index is 239. The molecule has 0 bridgehead atoms. The molecule has 0 heterocycles. The number of hydrogen-bond acceptors (Lipinski definition) is 1. The average molecular weight is 171 g/mol. The Morgan fingerprint density at radius 1 is 1.17 bits per heavy atom. The predicted octanol–water partition coefficient (Wildman–Crippen LogP) is -0.268. The Kier molecular flexibility index (Phi) is 6.17. The third kappa shape index (κ3) is 3.44. The molecule has 1 aromatic rings. The molecule has 0 unspecified atom stereocenters. The minimum absolute atomic E-state index is 0. The molecule has 2 heteroatoms. The third-order valence-electron chi connectivity index (χ3n) is 1.47. The van der Waals surface area contributed by atoms with Crippen LogP contribution in [0.15, 0.2) is 30.3 Å². The molecule has 1 aromatic carbocycles. The fourth-order valence-electron chi connectivity index (χ4n) is 0.907. The van der Waals surface area contributed by atoms with Crippen LogP contribution in [0, 0.1) is 0 Å². The average Bonchev–Trinajstić information content (AvgIpc) is 2.07. The Labute approximate surface area is 95.7 Å². The van der Waals surface area contributed by atoms with Crippen LogP contribution < -0.4 is 34.3 Å². The van der Waals surface area contributed by atoms with Crippen LogP contribution in [0.5, 0.6) is 5.75 Å². The van der Waals surface area contributed by atoms with Gasteiger partial charge in [-0.3, -0.25) is 0 Å². The standard InChI is InChI=1S/C10H12O.Na/c1-3-4-9-5-7-10(11-2)8-6-9;/h3-8H,1-2H3;/q;+1. The van der Waals surface area contributed by atoms with Crippen molar-refractivity contribution in [1.29, 1.82) is 0 Å². The maximum absolute atomic E-state index is 5.02. The second-order valence-corrected chi connectivity index (χ2v) is 2.27. The molecule has 0 spiro atoms. The van der Waals surface area contributed by atoms with E-state index in [-0.39, 0.29) is 29.6 Å². The number of rotatable bonds is 2. The summed E-state index contributed by atoms with van der Waals surface area (Å²) in [6, 6.07) is 7.96. The van der Waals surface area contributed by atoms with Crippen LogP contribution >= 0.6 is 0 Å². The van der Waals surface area contributed by atoms with E-state index >= 15 is 0 Å². The number of allylic oxidation sites excluding steroid dienone is 1. The summed E-state index contributed by atoms with van der Waals surface area (Å²) in [5.74, 6) is 0.901. The topological polar surface area (TPSA) is 9.23 Å². The second-order valence-electron chi connectivity index (χ2n) is 2.27. The van der Waals surface area contributed by atoms with Gasteiger partial charge < -0.3 is 4.74 Å². The van der Waals surface area contributed by atoms with E-state index in [0.29, 0.717) is 0 Å². The number of methoxy groups -OCH3 is 1. The summed E-state index contributed by atoms with van der Waals surface area (Å²) in [7, 11) is 1.67. The van der Waals surface area contributed by atoms with Gasteiger partial charge in [0, 0.05) is 0 Å². The molecule has 0 radical (unpaired) electrons. The molecular weight excluding hydrogens is 159 g/mol. The maximum Gasteiger partial charge on any atom is 1.00 e. The van der Waals surface area contributed by atoms with Gasteiger partial charge in [-0.25, -0.2) is 0 Å². The Hall–Kier alpha value is -0.240. The van der Waals surface area contributed by atoms with E-state index in [1.54, 1.807) is 7.11 Å². The van der Waals surface area contributed by atoms with Crippen LogP contribution in [0.2, 0.25) is 0 Å². The molecule has 0 aliphatic rings. The summed E-state index contributed by atoms with van der Waals surface area (Å²) < 4.78 is 5.02. The number of benzene rings is 1. The van der Waals surface area contributed by atoms with Crippen LogP contribution in [-0.4, -0.2) is 7.11 Å². The Morgan fingerprint density at radius 2 is 1.75 bits per heavy atom. The van der Waals surface area contributed by atoms with Crippen LogP contribution in [0.1, 0.15) is 12.5 Å². The zero-order valence-electron chi connectivity index (χ0n) is 7.87. The van der Waals surface area contributed by atoms with Gasteiger partial charge in [-0.15, -0.1) is 0 Å². The van der Waals surface area contributed by atoms with E-state index in [4.69, 9.17) is 4.74 Å². The molecule has 0 fully saturated rings. The third-order valence-corrected chi connectivity index (χ3v) is 1.47. The summed E-state index contributed by atoms with van der Waals surface area (Å²) in [5, 5.41) is 0. The van der Waals surface area contributed by atoms with E-state index in [9.17, 15) is 0 Å². The van der Waals surface area contributed by atoms with Gasteiger partial charge in [0.05, 0.1) is 7.11 Å². The molecule has 58 valence electrons. The molecule has 0 atom stereocenters. The molecule has 0 aromatic heterocycles.